The summed E-state index contributed by atoms with van der Waals surface area (Å²) in [5.41, 5.74) is 5.94. The van der Waals surface area contributed by atoms with E-state index in [0.717, 1.165) is 47.2 Å². The third-order valence-corrected chi connectivity index (χ3v) is 7.11. The minimum Gasteiger partial charge on any atom is -0.335 e. The number of fused-ring (bicyclic) bond motifs is 2. The van der Waals surface area contributed by atoms with Crippen LogP contribution in [0.3, 0.4) is 0 Å². The molecule has 0 bridgehead atoms. The summed E-state index contributed by atoms with van der Waals surface area (Å²) < 4.78 is 1.78. The van der Waals surface area contributed by atoms with Gasteiger partial charge in [-0.25, -0.2) is 4.52 Å². The smallest absolute Gasteiger partial charge is 0.276 e. The summed E-state index contributed by atoms with van der Waals surface area (Å²) in [7, 11) is 0. The van der Waals surface area contributed by atoms with Crippen LogP contribution in [-0.2, 0) is 6.54 Å². The Morgan fingerprint density at radius 1 is 0.833 bits per heavy atom. The van der Waals surface area contributed by atoms with Gasteiger partial charge < -0.3 is 4.90 Å². The average Bonchev–Trinajstić information content (AvgIpc) is 3.26. The second kappa shape index (κ2) is 9.17. The monoisotopic (exact) mass is 476 g/mol. The van der Waals surface area contributed by atoms with Crippen LogP contribution in [0.15, 0.2) is 72.8 Å². The highest BCUT2D eigenvalue weighted by Crippen LogP contribution is 2.33. The fourth-order valence-electron chi connectivity index (χ4n) is 5.17. The number of aryl methyl sites for hydroxylation is 2. The van der Waals surface area contributed by atoms with Crippen molar-refractivity contribution < 1.29 is 4.79 Å². The van der Waals surface area contributed by atoms with E-state index < -0.39 is 0 Å². The van der Waals surface area contributed by atoms with Gasteiger partial charge in [-0.15, -0.1) is 10.2 Å². The highest BCUT2D eigenvalue weighted by molar-refractivity contribution is 6.00. The first kappa shape index (κ1) is 22.4. The van der Waals surface area contributed by atoms with Crippen molar-refractivity contribution in [3.05, 3.63) is 95.4 Å². The Bertz CT molecular complexity index is 1560. The van der Waals surface area contributed by atoms with Crippen molar-refractivity contribution in [2.75, 3.05) is 26.2 Å². The van der Waals surface area contributed by atoms with Crippen LogP contribution >= 0.6 is 0 Å². The fraction of sp³-hybridized carbons (Fsp3) is 0.241. The topological polar surface area (TPSA) is 66.6 Å². The zero-order valence-corrected chi connectivity index (χ0v) is 20.6. The Hall–Kier alpha value is -4.10. The zero-order chi connectivity index (χ0) is 24.6. The van der Waals surface area contributed by atoms with Crippen molar-refractivity contribution in [3.8, 4) is 11.1 Å². The second-order valence-corrected chi connectivity index (χ2v) is 9.41. The molecule has 1 saturated heterocycles. The van der Waals surface area contributed by atoms with Gasteiger partial charge in [-0.05, 0) is 35.7 Å². The SMILES string of the molecule is Cc1nn2c(C)c(C(=O)N3CCN(Cc4ccccc4)CC3)nnc2c1-c1cccc2ccccc12. The first-order chi connectivity index (χ1) is 17.6. The van der Waals surface area contributed by atoms with Gasteiger partial charge in [0.25, 0.3) is 5.91 Å². The molecular weight excluding hydrogens is 448 g/mol. The molecule has 0 atom stereocenters. The van der Waals surface area contributed by atoms with E-state index >= 15 is 0 Å². The molecule has 1 aliphatic rings. The predicted molar refractivity (Wildman–Crippen MR) is 141 cm³/mol. The summed E-state index contributed by atoms with van der Waals surface area (Å²) in [6.07, 6.45) is 0. The van der Waals surface area contributed by atoms with Crippen LogP contribution in [-0.4, -0.2) is 61.7 Å². The second-order valence-electron chi connectivity index (χ2n) is 9.41. The Morgan fingerprint density at radius 3 is 2.36 bits per heavy atom. The van der Waals surface area contributed by atoms with E-state index in [-0.39, 0.29) is 5.91 Å². The van der Waals surface area contributed by atoms with Crippen LogP contribution in [0.25, 0.3) is 27.5 Å². The predicted octanol–water partition coefficient (Wildman–Crippen LogP) is 4.52. The van der Waals surface area contributed by atoms with Gasteiger partial charge in [0.2, 0.25) is 0 Å². The number of piperazine rings is 1. The molecule has 0 unspecified atom stereocenters. The van der Waals surface area contributed by atoms with Gasteiger partial charge in [-0.1, -0.05) is 72.8 Å². The Labute approximate surface area is 210 Å². The molecule has 180 valence electrons. The maximum absolute atomic E-state index is 13.4. The number of hydrogen-bond acceptors (Lipinski definition) is 5. The van der Waals surface area contributed by atoms with Crippen LogP contribution in [0.2, 0.25) is 0 Å². The first-order valence-electron chi connectivity index (χ1n) is 12.4. The molecule has 0 saturated carbocycles. The van der Waals surface area contributed by atoms with Crippen molar-refractivity contribution in [2.45, 2.75) is 20.4 Å². The lowest BCUT2D eigenvalue weighted by Crippen LogP contribution is -2.48. The summed E-state index contributed by atoms with van der Waals surface area (Å²) in [6.45, 7) is 7.80. The van der Waals surface area contributed by atoms with E-state index in [2.05, 4.69) is 69.7 Å². The molecule has 3 aromatic carbocycles. The minimum atomic E-state index is -0.0823. The van der Waals surface area contributed by atoms with E-state index in [1.54, 1.807) is 4.52 Å². The Morgan fingerprint density at radius 2 is 1.56 bits per heavy atom. The summed E-state index contributed by atoms with van der Waals surface area (Å²) in [6, 6.07) is 25.0. The molecule has 0 aliphatic carbocycles. The van der Waals surface area contributed by atoms with E-state index in [0.29, 0.717) is 30.1 Å². The van der Waals surface area contributed by atoms with Gasteiger partial charge in [0.15, 0.2) is 11.3 Å². The lowest BCUT2D eigenvalue weighted by molar-refractivity contribution is 0.0620. The number of amides is 1. The summed E-state index contributed by atoms with van der Waals surface area (Å²) in [5, 5.41) is 16.0. The van der Waals surface area contributed by atoms with Gasteiger partial charge in [-0.2, -0.15) is 5.10 Å². The Kier molecular flexibility index (Phi) is 5.70. The summed E-state index contributed by atoms with van der Waals surface area (Å²) in [4.78, 5) is 17.7. The van der Waals surface area contributed by atoms with E-state index in [1.165, 1.54) is 5.56 Å². The van der Waals surface area contributed by atoms with Crippen LogP contribution < -0.4 is 0 Å². The standard InChI is InChI=1S/C29H28N6O/c1-20-26(25-14-8-12-23-11-6-7-13-24(23)25)28-31-30-27(21(2)35(28)32-20)29(36)34-17-15-33(16-18-34)19-22-9-4-3-5-10-22/h3-14H,15-19H2,1-2H3. The molecule has 7 nitrogen and oxygen atoms in total. The normalized spacial score (nSPS) is 14.6. The number of carbonyl (C=O) groups excluding carboxylic acids is 1. The summed E-state index contributed by atoms with van der Waals surface area (Å²) >= 11 is 0. The van der Waals surface area contributed by atoms with E-state index in [1.807, 2.05) is 36.9 Å². The van der Waals surface area contributed by atoms with Gasteiger partial charge in [0, 0.05) is 32.7 Å². The Balaban J connectivity index is 1.27. The lowest BCUT2D eigenvalue weighted by Gasteiger charge is -2.34. The number of rotatable bonds is 4. The molecule has 7 heteroatoms. The lowest BCUT2D eigenvalue weighted by atomic mass is 9.98. The maximum Gasteiger partial charge on any atom is 0.276 e. The maximum atomic E-state index is 13.4. The number of hydrogen-bond donors (Lipinski definition) is 0. The van der Waals surface area contributed by atoms with E-state index in [4.69, 9.17) is 5.10 Å². The molecule has 3 heterocycles. The van der Waals surface area contributed by atoms with Crippen molar-refractivity contribution in [1.29, 1.82) is 0 Å². The van der Waals surface area contributed by atoms with Gasteiger partial charge in [-0.3, -0.25) is 9.69 Å². The molecule has 2 aromatic heterocycles. The summed E-state index contributed by atoms with van der Waals surface area (Å²) in [5.74, 6) is -0.0823. The van der Waals surface area contributed by atoms with Crippen LogP contribution in [0.4, 0.5) is 0 Å². The molecule has 1 fully saturated rings. The fourth-order valence-corrected chi connectivity index (χ4v) is 5.17. The van der Waals surface area contributed by atoms with Crippen molar-refractivity contribution in [2.24, 2.45) is 0 Å². The quantitative estimate of drug-likeness (QED) is 0.382. The van der Waals surface area contributed by atoms with Crippen LogP contribution in [0, 0.1) is 13.8 Å². The third kappa shape index (κ3) is 3.91. The number of aromatic nitrogens is 4. The highest BCUT2D eigenvalue weighted by Gasteiger charge is 2.27. The highest BCUT2D eigenvalue weighted by atomic mass is 16.2. The molecule has 6 rings (SSSR count). The largest absolute Gasteiger partial charge is 0.335 e. The van der Waals surface area contributed by atoms with Crippen LogP contribution in [0.1, 0.15) is 27.4 Å². The molecule has 36 heavy (non-hydrogen) atoms. The number of benzene rings is 3. The van der Waals surface area contributed by atoms with Crippen molar-refractivity contribution in [3.63, 3.8) is 0 Å². The third-order valence-electron chi connectivity index (χ3n) is 7.11. The van der Waals surface area contributed by atoms with Gasteiger partial charge in [0.05, 0.1) is 17.0 Å². The van der Waals surface area contributed by atoms with Crippen LogP contribution in [0.5, 0.6) is 0 Å². The van der Waals surface area contributed by atoms with Gasteiger partial charge in [0.1, 0.15) is 0 Å². The molecular formula is C29H28N6O. The minimum absolute atomic E-state index is 0.0823. The number of nitrogens with zero attached hydrogens (tertiary/aromatic N) is 6. The zero-order valence-electron chi connectivity index (χ0n) is 20.6. The average molecular weight is 477 g/mol. The molecule has 5 aromatic rings. The van der Waals surface area contributed by atoms with Gasteiger partial charge >= 0.3 is 0 Å². The molecule has 0 spiro atoms. The first-order valence-corrected chi connectivity index (χ1v) is 12.4. The molecule has 1 amide bonds. The molecule has 0 radical (unpaired) electrons. The van der Waals surface area contributed by atoms with Crippen molar-refractivity contribution in [1.82, 2.24) is 29.6 Å². The van der Waals surface area contributed by atoms with E-state index in [9.17, 15) is 4.79 Å². The van der Waals surface area contributed by atoms with Crippen molar-refractivity contribution >= 4 is 22.3 Å². The molecule has 0 N–H and O–H groups in total. The number of carbonyl (C=O) groups is 1. The molecule has 1 aliphatic heterocycles.